The molecule has 1 heterocycles. The summed E-state index contributed by atoms with van der Waals surface area (Å²) in [5.74, 6) is 1.37. The smallest absolute Gasteiger partial charge is 0.236 e. The van der Waals surface area contributed by atoms with Crippen molar-refractivity contribution < 1.29 is 4.79 Å². The number of rotatable bonds is 8. The van der Waals surface area contributed by atoms with Crippen molar-refractivity contribution in [3.63, 3.8) is 0 Å². The highest BCUT2D eigenvalue weighted by Crippen LogP contribution is 2.17. The van der Waals surface area contributed by atoms with Crippen LogP contribution in [0.3, 0.4) is 0 Å². The van der Waals surface area contributed by atoms with Crippen LogP contribution in [0.1, 0.15) is 47.0 Å². The van der Waals surface area contributed by atoms with Crippen molar-refractivity contribution in [3.05, 3.63) is 0 Å². The van der Waals surface area contributed by atoms with Crippen molar-refractivity contribution in [2.24, 2.45) is 11.8 Å². The third kappa shape index (κ3) is 6.79. The Morgan fingerprint density at radius 2 is 1.81 bits per heavy atom. The Balaban J connectivity index is 2.60. The highest BCUT2D eigenvalue weighted by atomic mass is 16.2. The maximum absolute atomic E-state index is 12.7. The van der Waals surface area contributed by atoms with Gasteiger partial charge in [0.25, 0.3) is 0 Å². The molecule has 4 heteroatoms. The summed E-state index contributed by atoms with van der Waals surface area (Å²) >= 11 is 0. The van der Waals surface area contributed by atoms with Gasteiger partial charge in [-0.05, 0) is 38.3 Å². The molecule has 1 N–H and O–H groups in total. The molecular weight excluding hydrogens is 262 g/mol. The molecule has 1 aliphatic heterocycles. The SMILES string of the molecule is CNCC1CCCCN1CC(=O)N(CC(C)C)CC(C)C. The predicted molar refractivity (Wildman–Crippen MR) is 89.4 cm³/mol. The zero-order valence-corrected chi connectivity index (χ0v) is 14.7. The minimum absolute atomic E-state index is 0.306. The standard InChI is InChI=1S/C17H35N3O/c1-14(2)11-20(12-15(3)4)17(21)13-19-9-7-6-8-16(19)10-18-5/h14-16,18H,6-13H2,1-5H3. The summed E-state index contributed by atoms with van der Waals surface area (Å²) in [5.41, 5.74) is 0. The van der Waals surface area contributed by atoms with Crippen molar-refractivity contribution in [2.75, 3.05) is 39.8 Å². The lowest BCUT2D eigenvalue weighted by molar-refractivity contribution is -0.134. The highest BCUT2D eigenvalue weighted by molar-refractivity contribution is 5.78. The van der Waals surface area contributed by atoms with Crippen LogP contribution in [0.2, 0.25) is 0 Å². The lowest BCUT2D eigenvalue weighted by Crippen LogP contribution is -2.50. The van der Waals surface area contributed by atoms with E-state index >= 15 is 0 Å². The summed E-state index contributed by atoms with van der Waals surface area (Å²) in [6, 6.07) is 0.521. The highest BCUT2D eigenvalue weighted by Gasteiger charge is 2.26. The maximum atomic E-state index is 12.7. The van der Waals surface area contributed by atoms with Gasteiger partial charge in [-0.3, -0.25) is 9.69 Å². The van der Waals surface area contributed by atoms with Gasteiger partial charge in [-0.25, -0.2) is 0 Å². The minimum Gasteiger partial charge on any atom is -0.341 e. The van der Waals surface area contributed by atoms with E-state index in [2.05, 4.69) is 42.8 Å². The van der Waals surface area contributed by atoms with Gasteiger partial charge in [0, 0.05) is 25.7 Å². The summed E-state index contributed by atoms with van der Waals surface area (Å²) in [6.07, 6.45) is 3.73. The zero-order chi connectivity index (χ0) is 15.8. The van der Waals surface area contributed by atoms with E-state index in [1.807, 2.05) is 7.05 Å². The van der Waals surface area contributed by atoms with Gasteiger partial charge in [0.15, 0.2) is 0 Å². The van der Waals surface area contributed by atoms with Gasteiger partial charge in [0.2, 0.25) is 5.91 Å². The number of amides is 1. The molecule has 21 heavy (non-hydrogen) atoms. The molecule has 0 aromatic carbocycles. The fourth-order valence-electron chi connectivity index (χ4n) is 3.17. The van der Waals surface area contributed by atoms with Gasteiger partial charge in [-0.2, -0.15) is 0 Å². The summed E-state index contributed by atoms with van der Waals surface area (Å²) in [4.78, 5) is 17.2. The Morgan fingerprint density at radius 3 is 2.33 bits per heavy atom. The summed E-state index contributed by atoms with van der Waals surface area (Å²) in [7, 11) is 2.00. The van der Waals surface area contributed by atoms with Gasteiger partial charge >= 0.3 is 0 Å². The molecule has 1 fully saturated rings. The predicted octanol–water partition coefficient (Wildman–Crippen LogP) is 2.20. The lowest BCUT2D eigenvalue weighted by Gasteiger charge is -2.37. The minimum atomic E-state index is 0.306. The van der Waals surface area contributed by atoms with Crippen molar-refractivity contribution in [1.82, 2.24) is 15.1 Å². The molecule has 1 aliphatic rings. The number of nitrogens with one attached hydrogen (secondary N) is 1. The molecule has 0 bridgehead atoms. The van der Waals surface area contributed by atoms with Crippen molar-refractivity contribution in [2.45, 2.75) is 53.0 Å². The molecular formula is C17H35N3O. The molecule has 0 aromatic rings. The first-order valence-electron chi connectivity index (χ1n) is 8.60. The molecule has 0 aromatic heterocycles. The number of carbonyl (C=O) groups is 1. The molecule has 1 unspecified atom stereocenters. The molecule has 1 rings (SSSR count). The molecule has 1 atom stereocenters. The van der Waals surface area contributed by atoms with Crippen molar-refractivity contribution in [1.29, 1.82) is 0 Å². The van der Waals surface area contributed by atoms with E-state index in [0.717, 1.165) is 26.2 Å². The first-order chi connectivity index (χ1) is 9.93. The largest absolute Gasteiger partial charge is 0.341 e. The van der Waals surface area contributed by atoms with Crippen LogP contribution in [0.25, 0.3) is 0 Å². The van der Waals surface area contributed by atoms with Crippen LogP contribution < -0.4 is 5.32 Å². The first kappa shape index (κ1) is 18.4. The zero-order valence-electron chi connectivity index (χ0n) is 14.7. The third-order valence-corrected chi connectivity index (χ3v) is 4.05. The average molecular weight is 297 g/mol. The van der Waals surface area contributed by atoms with Crippen LogP contribution in [0.4, 0.5) is 0 Å². The number of nitrogens with zero attached hydrogens (tertiary/aromatic N) is 2. The van der Waals surface area contributed by atoms with Gasteiger partial charge in [-0.1, -0.05) is 34.1 Å². The Labute approximate surface area is 131 Å². The second-order valence-corrected chi connectivity index (χ2v) is 7.26. The molecule has 1 amide bonds. The summed E-state index contributed by atoms with van der Waals surface area (Å²) in [6.45, 7) is 13.1. The molecule has 0 radical (unpaired) electrons. The third-order valence-electron chi connectivity index (χ3n) is 4.05. The van der Waals surface area contributed by atoms with E-state index in [0.29, 0.717) is 30.3 Å². The van der Waals surface area contributed by atoms with E-state index < -0.39 is 0 Å². The monoisotopic (exact) mass is 297 g/mol. The topological polar surface area (TPSA) is 35.6 Å². The number of piperidine rings is 1. The molecule has 0 spiro atoms. The normalized spacial score (nSPS) is 20.2. The number of carbonyl (C=O) groups excluding carboxylic acids is 1. The lowest BCUT2D eigenvalue weighted by atomic mass is 10.0. The van der Waals surface area contributed by atoms with Crippen molar-refractivity contribution in [3.8, 4) is 0 Å². The van der Waals surface area contributed by atoms with Crippen LogP contribution in [-0.4, -0.2) is 61.5 Å². The molecule has 4 nitrogen and oxygen atoms in total. The summed E-state index contributed by atoms with van der Waals surface area (Å²) < 4.78 is 0. The number of hydrogen-bond acceptors (Lipinski definition) is 3. The van der Waals surface area contributed by atoms with Gasteiger partial charge < -0.3 is 10.2 Å². The van der Waals surface area contributed by atoms with Gasteiger partial charge in [-0.15, -0.1) is 0 Å². The van der Waals surface area contributed by atoms with Gasteiger partial charge in [0.05, 0.1) is 6.54 Å². The Hall–Kier alpha value is -0.610. The second-order valence-electron chi connectivity index (χ2n) is 7.26. The molecule has 0 saturated carbocycles. The summed E-state index contributed by atoms with van der Waals surface area (Å²) in [5, 5.41) is 3.27. The molecule has 0 aliphatic carbocycles. The second kappa shape index (κ2) is 9.42. The first-order valence-corrected chi connectivity index (χ1v) is 8.60. The Morgan fingerprint density at radius 1 is 1.19 bits per heavy atom. The van der Waals surface area contributed by atoms with E-state index in [1.165, 1.54) is 19.3 Å². The molecule has 124 valence electrons. The number of hydrogen-bond donors (Lipinski definition) is 1. The quantitative estimate of drug-likeness (QED) is 0.746. The number of likely N-dealkylation sites (N-methyl/N-ethyl adjacent to an activating group) is 1. The Bertz CT molecular complexity index is 292. The Kier molecular flexibility index (Phi) is 8.27. The van der Waals surface area contributed by atoms with E-state index in [-0.39, 0.29) is 0 Å². The van der Waals surface area contributed by atoms with E-state index in [9.17, 15) is 4.79 Å². The van der Waals surface area contributed by atoms with Crippen LogP contribution >= 0.6 is 0 Å². The van der Waals surface area contributed by atoms with Crippen LogP contribution in [0.15, 0.2) is 0 Å². The van der Waals surface area contributed by atoms with Crippen LogP contribution in [0, 0.1) is 11.8 Å². The van der Waals surface area contributed by atoms with Crippen LogP contribution in [-0.2, 0) is 4.79 Å². The van der Waals surface area contributed by atoms with Crippen LogP contribution in [0.5, 0.6) is 0 Å². The maximum Gasteiger partial charge on any atom is 0.236 e. The number of likely N-dealkylation sites (tertiary alicyclic amines) is 1. The molecule has 1 saturated heterocycles. The average Bonchev–Trinajstić information content (AvgIpc) is 2.39. The van der Waals surface area contributed by atoms with E-state index in [1.54, 1.807) is 0 Å². The van der Waals surface area contributed by atoms with E-state index in [4.69, 9.17) is 0 Å². The van der Waals surface area contributed by atoms with Crippen molar-refractivity contribution >= 4 is 5.91 Å². The fraction of sp³-hybridized carbons (Fsp3) is 0.941. The fourth-order valence-corrected chi connectivity index (χ4v) is 3.17. The van der Waals surface area contributed by atoms with Gasteiger partial charge in [0.1, 0.15) is 0 Å².